The lowest BCUT2D eigenvalue weighted by molar-refractivity contribution is -0.137. The summed E-state index contributed by atoms with van der Waals surface area (Å²) in [4.78, 5) is 14.8. The Morgan fingerprint density at radius 3 is 2.88 bits per heavy atom. The first-order valence-corrected chi connectivity index (χ1v) is 5.48. The zero-order chi connectivity index (χ0) is 12.4. The third-order valence-electron chi connectivity index (χ3n) is 2.55. The highest BCUT2D eigenvalue weighted by Crippen LogP contribution is 2.10. The number of aryl methyl sites for hydroxylation is 3. The van der Waals surface area contributed by atoms with Gasteiger partial charge in [-0.05, 0) is 20.3 Å². The molecule has 0 aliphatic heterocycles. The summed E-state index contributed by atoms with van der Waals surface area (Å²) in [7, 11) is 0. The van der Waals surface area contributed by atoms with Crippen LogP contribution < -0.4 is 0 Å². The second kappa shape index (κ2) is 4.48. The number of aliphatic carboxylic acids is 1. The predicted molar refractivity (Wildman–Crippen MR) is 60.8 cm³/mol. The monoisotopic (exact) mass is 234 g/mol. The van der Waals surface area contributed by atoms with E-state index in [9.17, 15) is 4.79 Å². The van der Waals surface area contributed by atoms with Gasteiger partial charge in [0, 0.05) is 24.6 Å². The van der Waals surface area contributed by atoms with Crippen LogP contribution >= 0.6 is 0 Å². The summed E-state index contributed by atoms with van der Waals surface area (Å²) in [6.07, 6.45) is 1.30. The minimum atomic E-state index is -0.787. The Hall–Kier alpha value is -1.98. The van der Waals surface area contributed by atoms with Crippen molar-refractivity contribution in [3.8, 4) is 0 Å². The third-order valence-corrected chi connectivity index (χ3v) is 2.55. The zero-order valence-electron chi connectivity index (χ0n) is 9.84. The smallest absolute Gasteiger partial charge is 0.303 e. The Balaban J connectivity index is 2.26. The highest BCUT2D eigenvalue weighted by molar-refractivity contribution is 5.66. The molecule has 6 nitrogen and oxygen atoms in total. The summed E-state index contributed by atoms with van der Waals surface area (Å²) in [5.74, 6) is 0.811. The molecule has 2 rings (SSSR count). The first-order chi connectivity index (χ1) is 8.08. The molecule has 90 valence electrons. The summed E-state index contributed by atoms with van der Waals surface area (Å²) in [5, 5.41) is 16.7. The van der Waals surface area contributed by atoms with Crippen molar-refractivity contribution in [2.24, 2.45) is 0 Å². The molecule has 0 unspecified atom stereocenters. The molecule has 0 spiro atoms. The van der Waals surface area contributed by atoms with E-state index >= 15 is 0 Å². The summed E-state index contributed by atoms with van der Waals surface area (Å²) >= 11 is 0. The minimum Gasteiger partial charge on any atom is -0.481 e. The summed E-state index contributed by atoms with van der Waals surface area (Å²) in [6.45, 7) is 3.80. The lowest BCUT2D eigenvalue weighted by Gasteiger charge is -2.03. The Bertz CT molecular complexity index is 562. The quantitative estimate of drug-likeness (QED) is 0.858. The fourth-order valence-electron chi connectivity index (χ4n) is 1.86. The van der Waals surface area contributed by atoms with Crippen LogP contribution in [-0.2, 0) is 11.2 Å². The van der Waals surface area contributed by atoms with Crippen molar-refractivity contribution in [1.29, 1.82) is 0 Å². The lowest BCUT2D eigenvalue weighted by atomic mass is 10.2. The van der Waals surface area contributed by atoms with E-state index in [1.807, 2.05) is 24.3 Å². The highest BCUT2D eigenvalue weighted by Gasteiger charge is 2.09. The Labute approximate surface area is 98.3 Å². The molecule has 0 aliphatic rings. The molecule has 0 atom stereocenters. The van der Waals surface area contributed by atoms with Crippen molar-refractivity contribution < 1.29 is 9.90 Å². The molecule has 2 aromatic rings. The number of nitrogens with zero attached hydrogens (tertiary/aromatic N) is 4. The molecule has 0 saturated carbocycles. The normalized spacial score (nSPS) is 10.9. The number of hydrogen-bond acceptors (Lipinski definition) is 4. The predicted octanol–water partition coefficient (Wildman–Crippen LogP) is 1.15. The Kier molecular flexibility index (Phi) is 3.03. The van der Waals surface area contributed by atoms with Gasteiger partial charge in [0.1, 0.15) is 11.6 Å². The number of carboxylic acid groups (broad SMARTS) is 1. The summed E-state index contributed by atoms with van der Waals surface area (Å²) in [5.41, 5.74) is 1.67. The van der Waals surface area contributed by atoms with Crippen molar-refractivity contribution in [2.45, 2.75) is 33.1 Å². The van der Waals surface area contributed by atoms with E-state index in [0.717, 1.165) is 23.0 Å². The van der Waals surface area contributed by atoms with E-state index in [2.05, 4.69) is 15.2 Å². The summed E-state index contributed by atoms with van der Waals surface area (Å²) < 4.78 is 1.87. The molecular weight excluding hydrogens is 220 g/mol. The van der Waals surface area contributed by atoms with Crippen LogP contribution in [0.15, 0.2) is 6.07 Å². The zero-order valence-corrected chi connectivity index (χ0v) is 9.84. The van der Waals surface area contributed by atoms with Gasteiger partial charge >= 0.3 is 5.97 Å². The molecular formula is C11H14N4O2. The van der Waals surface area contributed by atoms with Crippen LogP contribution in [0.4, 0.5) is 0 Å². The maximum absolute atomic E-state index is 10.4. The molecule has 2 aromatic heterocycles. The Morgan fingerprint density at radius 2 is 2.18 bits per heavy atom. The maximum atomic E-state index is 10.4. The van der Waals surface area contributed by atoms with Crippen molar-refractivity contribution in [3.63, 3.8) is 0 Å². The van der Waals surface area contributed by atoms with Gasteiger partial charge < -0.3 is 5.11 Å². The van der Waals surface area contributed by atoms with Gasteiger partial charge in [0.25, 0.3) is 0 Å². The van der Waals surface area contributed by atoms with Crippen LogP contribution in [0.1, 0.15) is 30.2 Å². The average Bonchev–Trinajstić information content (AvgIpc) is 2.60. The Morgan fingerprint density at radius 1 is 1.41 bits per heavy atom. The van der Waals surface area contributed by atoms with Crippen LogP contribution in [0.3, 0.4) is 0 Å². The standard InChI is InChI=1S/C11H14N4O2/c1-7-6-10-14-13-9(4-3-5-11(16)17)15(10)8(2)12-7/h6H,3-5H2,1-2H3,(H,16,17). The average molecular weight is 234 g/mol. The molecule has 17 heavy (non-hydrogen) atoms. The van der Waals surface area contributed by atoms with Crippen LogP contribution in [0.25, 0.3) is 5.65 Å². The van der Waals surface area contributed by atoms with Crippen LogP contribution in [0, 0.1) is 13.8 Å². The molecule has 0 fully saturated rings. The number of carboxylic acids is 1. The molecule has 0 bridgehead atoms. The van der Waals surface area contributed by atoms with Crippen molar-refractivity contribution >= 4 is 11.6 Å². The van der Waals surface area contributed by atoms with Gasteiger partial charge in [0.05, 0.1) is 0 Å². The van der Waals surface area contributed by atoms with Crippen molar-refractivity contribution in [2.75, 3.05) is 0 Å². The molecule has 1 N–H and O–H groups in total. The molecule has 0 saturated heterocycles. The van der Waals surface area contributed by atoms with Gasteiger partial charge in [-0.15, -0.1) is 10.2 Å². The molecule has 6 heteroatoms. The van der Waals surface area contributed by atoms with Crippen molar-refractivity contribution in [1.82, 2.24) is 19.6 Å². The van der Waals surface area contributed by atoms with Gasteiger partial charge in [0.2, 0.25) is 0 Å². The SMILES string of the molecule is Cc1cc2nnc(CCCC(=O)O)n2c(C)n1. The van der Waals surface area contributed by atoms with E-state index in [0.29, 0.717) is 12.8 Å². The number of fused-ring (bicyclic) bond motifs is 1. The number of rotatable bonds is 4. The molecule has 0 aromatic carbocycles. The van der Waals surface area contributed by atoms with Crippen LogP contribution in [-0.4, -0.2) is 30.7 Å². The number of aromatic nitrogens is 4. The lowest BCUT2D eigenvalue weighted by Crippen LogP contribution is -2.03. The molecule has 0 aliphatic carbocycles. The van der Waals surface area contributed by atoms with E-state index in [4.69, 9.17) is 5.11 Å². The van der Waals surface area contributed by atoms with Gasteiger partial charge in [-0.3, -0.25) is 9.20 Å². The van der Waals surface area contributed by atoms with E-state index in [1.54, 1.807) is 0 Å². The van der Waals surface area contributed by atoms with E-state index in [1.165, 1.54) is 0 Å². The van der Waals surface area contributed by atoms with Crippen LogP contribution in [0.2, 0.25) is 0 Å². The minimum absolute atomic E-state index is 0.146. The fourth-order valence-corrected chi connectivity index (χ4v) is 1.86. The molecule has 0 radical (unpaired) electrons. The second-order valence-electron chi connectivity index (χ2n) is 4.00. The first kappa shape index (κ1) is 11.5. The van der Waals surface area contributed by atoms with Gasteiger partial charge in [0.15, 0.2) is 5.65 Å². The van der Waals surface area contributed by atoms with Crippen molar-refractivity contribution in [3.05, 3.63) is 23.4 Å². The van der Waals surface area contributed by atoms with Gasteiger partial charge in [-0.2, -0.15) is 0 Å². The molecule has 0 amide bonds. The number of hydrogen-bond donors (Lipinski definition) is 1. The van der Waals surface area contributed by atoms with E-state index in [-0.39, 0.29) is 6.42 Å². The largest absolute Gasteiger partial charge is 0.481 e. The van der Waals surface area contributed by atoms with Gasteiger partial charge in [-0.25, -0.2) is 4.98 Å². The van der Waals surface area contributed by atoms with E-state index < -0.39 is 5.97 Å². The topological polar surface area (TPSA) is 80.4 Å². The first-order valence-electron chi connectivity index (χ1n) is 5.48. The van der Waals surface area contributed by atoms with Crippen LogP contribution in [0.5, 0.6) is 0 Å². The summed E-state index contributed by atoms with van der Waals surface area (Å²) in [6, 6.07) is 1.86. The second-order valence-corrected chi connectivity index (χ2v) is 4.00. The third kappa shape index (κ3) is 2.41. The maximum Gasteiger partial charge on any atom is 0.303 e. The highest BCUT2D eigenvalue weighted by atomic mass is 16.4. The van der Waals surface area contributed by atoms with Gasteiger partial charge in [-0.1, -0.05) is 0 Å². The number of carbonyl (C=O) groups is 1. The fraction of sp³-hybridized carbons (Fsp3) is 0.455. The molecule has 2 heterocycles.